The monoisotopic (exact) mass is 452 g/mol. The zero-order valence-corrected chi connectivity index (χ0v) is 18.1. The first-order chi connectivity index (χ1) is 14.4. The van der Waals surface area contributed by atoms with Crippen LogP contribution in [0.4, 0.5) is 0 Å². The van der Waals surface area contributed by atoms with E-state index >= 15 is 0 Å². The van der Waals surface area contributed by atoms with E-state index < -0.39 is 6.10 Å². The molecule has 162 valence electrons. The van der Waals surface area contributed by atoms with Gasteiger partial charge in [-0.1, -0.05) is 41.4 Å². The van der Waals surface area contributed by atoms with E-state index in [2.05, 4.69) is 10.2 Å². The highest BCUT2D eigenvalue weighted by Gasteiger charge is 2.22. The number of nitrogens with zero attached hydrogens (tertiary/aromatic N) is 1. The molecule has 0 saturated carbocycles. The van der Waals surface area contributed by atoms with E-state index in [9.17, 15) is 15.0 Å². The normalized spacial score (nSPS) is 16.2. The van der Waals surface area contributed by atoms with Crippen molar-refractivity contribution >= 4 is 29.1 Å². The number of likely N-dealkylation sites (tertiary alicyclic amines) is 1. The van der Waals surface area contributed by atoms with Crippen LogP contribution in [0.3, 0.4) is 0 Å². The van der Waals surface area contributed by atoms with Crippen LogP contribution in [0.5, 0.6) is 11.5 Å². The molecule has 0 spiro atoms. The summed E-state index contributed by atoms with van der Waals surface area (Å²) in [5.41, 5.74) is 0.563. The van der Waals surface area contributed by atoms with E-state index in [1.807, 2.05) is 6.07 Å². The Balaban J connectivity index is 1.35. The van der Waals surface area contributed by atoms with E-state index in [0.717, 1.165) is 25.9 Å². The second-order valence-corrected chi connectivity index (χ2v) is 8.27. The first kappa shape index (κ1) is 22.7. The van der Waals surface area contributed by atoms with Crippen LogP contribution in [-0.2, 0) is 11.2 Å². The lowest BCUT2D eigenvalue weighted by molar-refractivity contribution is -0.121. The maximum atomic E-state index is 12.0. The predicted octanol–water partition coefficient (Wildman–Crippen LogP) is 3.26. The molecule has 1 amide bonds. The number of halogens is 2. The number of phenolic OH excluding ortho intramolecular Hbond substituents is 1. The van der Waals surface area contributed by atoms with E-state index in [1.54, 1.807) is 36.4 Å². The molecule has 8 heteroatoms. The molecule has 3 N–H and O–H groups in total. The molecule has 30 heavy (non-hydrogen) atoms. The maximum Gasteiger partial charge on any atom is 0.224 e. The van der Waals surface area contributed by atoms with Gasteiger partial charge in [-0.2, -0.15) is 0 Å². The topological polar surface area (TPSA) is 82.0 Å². The van der Waals surface area contributed by atoms with Crippen molar-refractivity contribution in [3.8, 4) is 11.5 Å². The number of amides is 1. The lowest BCUT2D eigenvalue weighted by atomic mass is 10.1. The van der Waals surface area contributed by atoms with Gasteiger partial charge in [0.1, 0.15) is 17.6 Å². The quantitative estimate of drug-likeness (QED) is 0.572. The second-order valence-electron chi connectivity index (χ2n) is 7.46. The second kappa shape index (κ2) is 10.9. The number of hydrogen-bond donors (Lipinski definition) is 3. The molecule has 1 atom stereocenters. The van der Waals surface area contributed by atoms with Crippen molar-refractivity contribution in [3.05, 3.63) is 58.1 Å². The number of piperidine rings is 1. The highest BCUT2D eigenvalue weighted by Crippen LogP contribution is 2.28. The number of carbonyl (C=O) groups excluding carboxylic acids is 1. The highest BCUT2D eigenvalue weighted by atomic mass is 35.5. The SMILES string of the molecule is O=C(Cc1ccccc1O)NCC(O)CN1CCC(Oc2ccc(Cl)c(Cl)c2)CC1. The summed E-state index contributed by atoms with van der Waals surface area (Å²) >= 11 is 12.0. The van der Waals surface area contributed by atoms with Crippen molar-refractivity contribution in [2.24, 2.45) is 0 Å². The Morgan fingerprint density at radius 2 is 1.90 bits per heavy atom. The highest BCUT2D eigenvalue weighted by molar-refractivity contribution is 6.42. The molecule has 0 bridgehead atoms. The third kappa shape index (κ3) is 6.77. The van der Waals surface area contributed by atoms with Crippen LogP contribution < -0.4 is 10.1 Å². The van der Waals surface area contributed by atoms with Gasteiger partial charge in [0.15, 0.2) is 0 Å². The Labute approximate surface area is 186 Å². The number of phenols is 1. The van der Waals surface area contributed by atoms with Gasteiger partial charge in [-0.05, 0) is 31.0 Å². The lowest BCUT2D eigenvalue weighted by Crippen LogP contribution is -2.45. The van der Waals surface area contributed by atoms with Gasteiger partial charge >= 0.3 is 0 Å². The number of ether oxygens (including phenoxy) is 1. The molecule has 1 heterocycles. The molecule has 6 nitrogen and oxygen atoms in total. The van der Waals surface area contributed by atoms with E-state index in [1.165, 1.54) is 0 Å². The molecule has 2 aromatic rings. The summed E-state index contributed by atoms with van der Waals surface area (Å²) in [6.07, 6.45) is 1.19. The summed E-state index contributed by atoms with van der Waals surface area (Å²) in [6.45, 7) is 2.26. The molecular formula is C22H26Cl2N2O4. The fourth-order valence-corrected chi connectivity index (χ4v) is 3.73. The Morgan fingerprint density at radius 3 is 2.60 bits per heavy atom. The summed E-state index contributed by atoms with van der Waals surface area (Å²) in [5, 5.41) is 23.7. The largest absolute Gasteiger partial charge is 0.508 e. The zero-order valence-electron chi connectivity index (χ0n) is 16.6. The fraction of sp³-hybridized carbons (Fsp3) is 0.409. The predicted molar refractivity (Wildman–Crippen MR) is 117 cm³/mol. The molecule has 0 aliphatic carbocycles. The van der Waals surface area contributed by atoms with Gasteiger partial charge in [-0.15, -0.1) is 0 Å². The first-order valence-corrected chi connectivity index (χ1v) is 10.7. The summed E-state index contributed by atoms with van der Waals surface area (Å²) in [6, 6.07) is 12.0. The van der Waals surface area contributed by atoms with Gasteiger partial charge in [0.2, 0.25) is 5.91 Å². The van der Waals surface area contributed by atoms with Crippen LogP contribution in [0.1, 0.15) is 18.4 Å². The molecule has 0 radical (unpaired) electrons. The molecular weight excluding hydrogens is 427 g/mol. The molecule has 2 aromatic carbocycles. The minimum atomic E-state index is -0.661. The number of benzene rings is 2. The van der Waals surface area contributed by atoms with Crippen LogP contribution in [-0.4, -0.2) is 59.4 Å². The van der Waals surface area contributed by atoms with Crippen molar-refractivity contribution in [2.45, 2.75) is 31.5 Å². The Hall–Kier alpha value is -1.99. The van der Waals surface area contributed by atoms with Crippen molar-refractivity contribution in [2.75, 3.05) is 26.2 Å². The molecule has 1 saturated heterocycles. The van der Waals surface area contributed by atoms with Gasteiger partial charge in [-0.25, -0.2) is 0 Å². The molecule has 3 rings (SSSR count). The van der Waals surface area contributed by atoms with E-state index in [4.69, 9.17) is 27.9 Å². The van der Waals surface area contributed by atoms with Crippen LogP contribution in [0.25, 0.3) is 0 Å². The number of para-hydroxylation sites is 1. The van der Waals surface area contributed by atoms with Gasteiger partial charge in [0, 0.05) is 37.8 Å². The number of rotatable bonds is 8. The molecule has 1 unspecified atom stereocenters. The minimum absolute atomic E-state index is 0.0802. The van der Waals surface area contributed by atoms with E-state index in [-0.39, 0.29) is 30.7 Å². The Kier molecular flexibility index (Phi) is 8.22. The smallest absolute Gasteiger partial charge is 0.224 e. The average Bonchev–Trinajstić information content (AvgIpc) is 2.72. The summed E-state index contributed by atoms with van der Waals surface area (Å²) in [4.78, 5) is 14.2. The molecule has 1 aliphatic heterocycles. The number of aromatic hydroxyl groups is 1. The van der Waals surface area contributed by atoms with Crippen molar-refractivity contribution in [1.29, 1.82) is 0 Å². The van der Waals surface area contributed by atoms with Gasteiger partial charge in [0.05, 0.1) is 22.6 Å². The standard InChI is InChI=1S/C22H26Cl2N2O4/c23-19-6-5-18(12-20(19)24)30-17-7-9-26(10-8-17)14-16(27)13-25-22(29)11-15-3-1-2-4-21(15)28/h1-6,12,16-17,27-28H,7-11,13-14H2,(H,25,29). The van der Waals surface area contributed by atoms with Crippen molar-refractivity contribution in [3.63, 3.8) is 0 Å². The number of nitrogens with one attached hydrogen (secondary N) is 1. The van der Waals surface area contributed by atoms with Crippen molar-refractivity contribution in [1.82, 2.24) is 10.2 Å². The number of aliphatic hydroxyl groups excluding tert-OH is 1. The maximum absolute atomic E-state index is 12.0. The van der Waals surface area contributed by atoms with Crippen LogP contribution in [0.2, 0.25) is 10.0 Å². The number of carbonyl (C=O) groups is 1. The third-order valence-electron chi connectivity index (χ3n) is 5.07. The number of β-amino-alcohol motifs (C(OH)–C–C–N with tert-alkyl or cyclic N) is 1. The molecule has 0 aromatic heterocycles. The number of aliphatic hydroxyl groups is 1. The Bertz CT molecular complexity index is 857. The van der Waals surface area contributed by atoms with E-state index in [0.29, 0.717) is 27.9 Å². The zero-order chi connectivity index (χ0) is 21.5. The van der Waals surface area contributed by atoms with Crippen LogP contribution in [0, 0.1) is 0 Å². The average molecular weight is 453 g/mol. The first-order valence-electron chi connectivity index (χ1n) is 9.96. The van der Waals surface area contributed by atoms with Crippen molar-refractivity contribution < 1.29 is 19.7 Å². The lowest BCUT2D eigenvalue weighted by Gasteiger charge is -2.33. The fourth-order valence-electron chi connectivity index (χ4n) is 3.44. The van der Waals surface area contributed by atoms with Gasteiger partial charge in [-0.3, -0.25) is 4.79 Å². The van der Waals surface area contributed by atoms with Crippen LogP contribution in [0.15, 0.2) is 42.5 Å². The Morgan fingerprint density at radius 1 is 1.17 bits per heavy atom. The summed E-state index contributed by atoms with van der Waals surface area (Å²) in [5.74, 6) is 0.568. The summed E-state index contributed by atoms with van der Waals surface area (Å²) in [7, 11) is 0. The number of hydrogen-bond acceptors (Lipinski definition) is 5. The van der Waals surface area contributed by atoms with Crippen LogP contribution >= 0.6 is 23.2 Å². The minimum Gasteiger partial charge on any atom is -0.508 e. The van der Waals surface area contributed by atoms with Gasteiger partial charge in [0.25, 0.3) is 0 Å². The third-order valence-corrected chi connectivity index (χ3v) is 5.81. The molecule has 1 aliphatic rings. The van der Waals surface area contributed by atoms with Gasteiger partial charge < -0.3 is 25.2 Å². The summed E-state index contributed by atoms with van der Waals surface area (Å²) < 4.78 is 5.98. The molecule has 1 fully saturated rings.